The fraction of sp³-hybridized carbons (Fsp3) is 0.533. The maximum atomic E-state index is 12.2. The van der Waals surface area contributed by atoms with Gasteiger partial charge in [0.2, 0.25) is 0 Å². The highest BCUT2D eigenvalue weighted by molar-refractivity contribution is 6.30. The lowest BCUT2D eigenvalue weighted by atomic mass is 10.1. The summed E-state index contributed by atoms with van der Waals surface area (Å²) >= 11 is 5.84. The number of rotatable bonds is 6. The first kappa shape index (κ1) is 12.2. The summed E-state index contributed by atoms with van der Waals surface area (Å²) < 4.78 is 0. The van der Waals surface area contributed by atoms with E-state index in [1.807, 2.05) is 12.1 Å². The molecule has 1 aromatic carbocycles. The Kier molecular flexibility index (Phi) is 3.40. The molecule has 0 saturated heterocycles. The average Bonchev–Trinajstić information content (AvgIpc) is 3.23. The first-order chi connectivity index (χ1) is 8.72. The average molecular weight is 264 g/mol. The molecule has 0 N–H and O–H groups in total. The van der Waals surface area contributed by atoms with E-state index >= 15 is 0 Å². The first-order valence-electron chi connectivity index (χ1n) is 6.75. The quantitative estimate of drug-likeness (QED) is 0.733. The van der Waals surface area contributed by atoms with Crippen molar-refractivity contribution in [1.29, 1.82) is 0 Å². The molecule has 1 aromatic rings. The minimum Gasteiger partial charge on any atom is -0.293 e. The zero-order valence-corrected chi connectivity index (χ0v) is 11.2. The van der Waals surface area contributed by atoms with Crippen molar-refractivity contribution in [1.82, 2.24) is 4.90 Å². The molecular formula is C15H18ClNO. The molecule has 2 saturated carbocycles. The second kappa shape index (κ2) is 5.02. The maximum absolute atomic E-state index is 12.2. The summed E-state index contributed by atoms with van der Waals surface area (Å²) in [6.07, 6.45) is 5.22. The van der Waals surface area contributed by atoms with Crippen molar-refractivity contribution in [2.24, 2.45) is 5.92 Å². The van der Waals surface area contributed by atoms with Gasteiger partial charge in [0.1, 0.15) is 0 Å². The Morgan fingerprint density at radius 1 is 1.17 bits per heavy atom. The Balaban J connectivity index is 1.62. The Bertz CT molecular complexity index is 434. The highest BCUT2D eigenvalue weighted by atomic mass is 35.5. The third-order valence-corrected chi connectivity index (χ3v) is 4.02. The van der Waals surface area contributed by atoms with Gasteiger partial charge in [-0.3, -0.25) is 9.69 Å². The number of hydrogen-bond donors (Lipinski definition) is 0. The fourth-order valence-electron chi connectivity index (χ4n) is 2.33. The second-order valence-corrected chi connectivity index (χ2v) is 5.97. The van der Waals surface area contributed by atoms with Crippen LogP contribution in [-0.4, -0.2) is 29.8 Å². The minimum atomic E-state index is 0.221. The van der Waals surface area contributed by atoms with Crippen LogP contribution in [0.5, 0.6) is 0 Å². The third kappa shape index (κ3) is 3.12. The van der Waals surface area contributed by atoms with Gasteiger partial charge < -0.3 is 0 Å². The van der Waals surface area contributed by atoms with Crippen molar-refractivity contribution in [3.63, 3.8) is 0 Å². The molecule has 3 rings (SSSR count). The molecule has 0 bridgehead atoms. The highest BCUT2D eigenvalue weighted by Gasteiger charge is 2.34. The molecule has 2 nitrogen and oxygen atoms in total. The number of Topliss-reactive ketones (excluding diaryl/α,β-unsaturated/α-hetero) is 1. The molecule has 2 aliphatic carbocycles. The molecule has 2 aliphatic rings. The Morgan fingerprint density at radius 3 is 2.39 bits per heavy atom. The number of hydrogen-bond acceptors (Lipinski definition) is 2. The van der Waals surface area contributed by atoms with Crippen molar-refractivity contribution in [3.05, 3.63) is 34.9 Å². The fourth-order valence-corrected chi connectivity index (χ4v) is 2.45. The van der Waals surface area contributed by atoms with Crippen molar-refractivity contribution in [2.75, 3.05) is 13.1 Å². The van der Waals surface area contributed by atoms with E-state index in [4.69, 9.17) is 11.6 Å². The van der Waals surface area contributed by atoms with Crippen molar-refractivity contribution in [3.8, 4) is 0 Å². The zero-order chi connectivity index (χ0) is 12.5. The molecule has 18 heavy (non-hydrogen) atoms. The first-order valence-corrected chi connectivity index (χ1v) is 7.13. The third-order valence-electron chi connectivity index (χ3n) is 3.77. The van der Waals surface area contributed by atoms with Gasteiger partial charge in [-0.05, 0) is 55.9 Å². The van der Waals surface area contributed by atoms with Crippen LogP contribution in [0.4, 0.5) is 0 Å². The molecule has 0 atom stereocenters. The molecule has 0 radical (unpaired) electrons. The van der Waals surface area contributed by atoms with Gasteiger partial charge in [0, 0.05) is 23.2 Å². The van der Waals surface area contributed by atoms with E-state index in [9.17, 15) is 4.79 Å². The van der Waals surface area contributed by atoms with Gasteiger partial charge in [0.25, 0.3) is 0 Å². The van der Waals surface area contributed by atoms with E-state index in [2.05, 4.69) is 4.90 Å². The van der Waals surface area contributed by atoms with Crippen LogP contribution in [-0.2, 0) is 0 Å². The van der Waals surface area contributed by atoms with Crippen molar-refractivity contribution in [2.45, 2.75) is 31.7 Å². The zero-order valence-electron chi connectivity index (χ0n) is 10.4. The van der Waals surface area contributed by atoms with Crippen LogP contribution < -0.4 is 0 Å². The van der Waals surface area contributed by atoms with Crippen LogP contribution in [0.3, 0.4) is 0 Å². The number of ketones is 1. The van der Waals surface area contributed by atoms with Crippen LogP contribution in [0.2, 0.25) is 5.02 Å². The number of carbonyl (C=O) groups excluding carboxylic acids is 1. The Hall–Kier alpha value is -0.860. The molecule has 96 valence electrons. The van der Waals surface area contributed by atoms with Gasteiger partial charge in [-0.1, -0.05) is 11.6 Å². The summed E-state index contributed by atoms with van der Waals surface area (Å²) in [6.45, 7) is 1.69. The van der Waals surface area contributed by atoms with E-state index in [0.717, 1.165) is 18.0 Å². The van der Waals surface area contributed by atoms with Crippen LogP contribution in [0.15, 0.2) is 24.3 Å². The normalized spacial score (nSPS) is 19.2. The van der Waals surface area contributed by atoms with E-state index in [0.29, 0.717) is 17.6 Å². The summed E-state index contributed by atoms with van der Waals surface area (Å²) in [5, 5.41) is 0.684. The number of halogens is 1. The van der Waals surface area contributed by atoms with Gasteiger partial charge in [-0.15, -0.1) is 0 Å². The maximum Gasteiger partial charge on any atom is 0.176 e. The number of carbonyl (C=O) groups is 1. The standard InChI is InChI=1S/C15H18ClNO/c16-13-5-3-12(4-6-13)15(18)10-17(14-7-8-14)9-11-1-2-11/h3-6,11,14H,1-2,7-10H2. The largest absolute Gasteiger partial charge is 0.293 e. The second-order valence-electron chi connectivity index (χ2n) is 5.53. The van der Waals surface area contributed by atoms with E-state index in [-0.39, 0.29) is 5.78 Å². The van der Waals surface area contributed by atoms with Gasteiger partial charge in [0.05, 0.1) is 6.54 Å². The highest BCUT2D eigenvalue weighted by Crippen LogP contribution is 2.34. The topological polar surface area (TPSA) is 20.3 Å². The molecule has 0 aliphatic heterocycles. The lowest BCUT2D eigenvalue weighted by Gasteiger charge is -2.20. The van der Waals surface area contributed by atoms with Crippen LogP contribution in [0.1, 0.15) is 36.0 Å². The molecule has 0 amide bonds. The molecular weight excluding hydrogens is 246 g/mol. The lowest BCUT2D eigenvalue weighted by molar-refractivity contribution is 0.0921. The predicted octanol–water partition coefficient (Wildman–Crippen LogP) is 3.40. The summed E-state index contributed by atoms with van der Waals surface area (Å²) in [6, 6.07) is 7.90. The lowest BCUT2D eigenvalue weighted by Crippen LogP contribution is -2.33. The van der Waals surface area contributed by atoms with Gasteiger partial charge in [0.15, 0.2) is 5.78 Å². The summed E-state index contributed by atoms with van der Waals surface area (Å²) in [7, 11) is 0. The van der Waals surface area contributed by atoms with Gasteiger partial charge >= 0.3 is 0 Å². The number of nitrogens with zero attached hydrogens (tertiary/aromatic N) is 1. The van der Waals surface area contributed by atoms with Crippen molar-refractivity contribution < 1.29 is 4.79 Å². The minimum absolute atomic E-state index is 0.221. The summed E-state index contributed by atoms with van der Waals surface area (Å²) in [5.74, 6) is 1.07. The van der Waals surface area contributed by atoms with Gasteiger partial charge in [-0.2, -0.15) is 0 Å². The Morgan fingerprint density at radius 2 is 1.83 bits per heavy atom. The molecule has 3 heteroatoms. The monoisotopic (exact) mass is 263 g/mol. The molecule has 0 spiro atoms. The number of benzene rings is 1. The van der Waals surface area contributed by atoms with Crippen molar-refractivity contribution >= 4 is 17.4 Å². The van der Waals surface area contributed by atoms with Gasteiger partial charge in [-0.25, -0.2) is 0 Å². The van der Waals surface area contributed by atoms with E-state index in [1.54, 1.807) is 12.1 Å². The van der Waals surface area contributed by atoms with Crippen LogP contribution in [0, 0.1) is 5.92 Å². The summed E-state index contributed by atoms with van der Waals surface area (Å²) in [5.41, 5.74) is 0.779. The van der Waals surface area contributed by atoms with Crippen LogP contribution in [0.25, 0.3) is 0 Å². The van der Waals surface area contributed by atoms with Crippen LogP contribution >= 0.6 is 11.6 Å². The van der Waals surface area contributed by atoms with E-state index < -0.39 is 0 Å². The molecule has 2 fully saturated rings. The smallest absolute Gasteiger partial charge is 0.176 e. The molecule has 0 aromatic heterocycles. The summed E-state index contributed by atoms with van der Waals surface area (Å²) in [4.78, 5) is 14.6. The predicted molar refractivity (Wildman–Crippen MR) is 73.1 cm³/mol. The molecule has 0 heterocycles. The molecule has 0 unspecified atom stereocenters. The van der Waals surface area contributed by atoms with E-state index in [1.165, 1.54) is 25.7 Å². The Labute approximate surface area is 113 Å². The SMILES string of the molecule is O=C(CN(CC1CC1)C1CC1)c1ccc(Cl)cc1.